The van der Waals surface area contributed by atoms with Crippen LogP contribution in [0.2, 0.25) is 0 Å². The van der Waals surface area contributed by atoms with E-state index in [0.29, 0.717) is 13.2 Å². The van der Waals surface area contributed by atoms with E-state index in [0.717, 1.165) is 33.8 Å². The molecule has 1 N–H and O–H groups in total. The van der Waals surface area contributed by atoms with Gasteiger partial charge in [-0.3, -0.25) is 0 Å². The Labute approximate surface area is 163 Å². The van der Waals surface area contributed by atoms with E-state index in [1.54, 1.807) is 0 Å². The first-order valence-electron chi connectivity index (χ1n) is 8.66. The number of halogens is 1. The van der Waals surface area contributed by atoms with E-state index in [-0.39, 0.29) is 0 Å². The number of anilines is 1. The molecule has 0 saturated carbocycles. The van der Waals surface area contributed by atoms with Gasteiger partial charge in [-0.1, -0.05) is 40.2 Å². The second-order valence-corrected chi connectivity index (χ2v) is 6.79. The molecular weight excluding hydrogens is 390 g/mol. The molecule has 26 heavy (non-hydrogen) atoms. The summed E-state index contributed by atoms with van der Waals surface area (Å²) in [6.45, 7) is 3.96. The molecule has 0 heterocycles. The minimum absolute atomic E-state index is 0.559. The Bertz CT molecular complexity index is 816. The molecule has 0 spiro atoms. The molecule has 0 fully saturated rings. The number of ether oxygens (including phenoxy) is 2. The van der Waals surface area contributed by atoms with Crippen LogP contribution in [0.5, 0.6) is 11.5 Å². The first-order chi connectivity index (χ1) is 12.7. The largest absolute Gasteiger partial charge is 0.494 e. The third-order valence-electron chi connectivity index (χ3n) is 3.88. The monoisotopic (exact) mass is 411 g/mol. The van der Waals surface area contributed by atoms with Crippen LogP contribution < -0.4 is 14.8 Å². The van der Waals surface area contributed by atoms with Crippen LogP contribution in [0.3, 0.4) is 0 Å². The summed E-state index contributed by atoms with van der Waals surface area (Å²) in [4.78, 5) is 0. The van der Waals surface area contributed by atoms with Crippen LogP contribution in [0.25, 0.3) is 0 Å². The Morgan fingerprint density at radius 3 is 2.31 bits per heavy atom. The van der Waals surface area contributed by atoms with Gasteiger partial charge < -0.3 is 14.8 Å². The lowest BCUT2D eigenvalue weighted by Crippen LogP contribution is -2.01. The summed E-state index contributed by atoms with van der Waals surface area (Å²) < 4.78 is 12.4. The molecule has 0 aliphatic carbocycles. The summed E-state index contributed by atoms with van der Waals surface area (Å²) in [6, 6.07) is 24.3. The number of rotatable bonds is 8. The standard InChI is InChI=1S/C22H22BrNO2/c1-2-25-21-12-10-20(11-13-21)24-15-18-4-3-5-22(14-18)26-16-17-6-8-19(23)9-7-17/h3-14,24H,2,15-16H2,1H3. The minimum atomic E-state index is 0.559. The highest BCUT2D eigenvalue weighted by atomic mass is 79.9. The Hall–Kier alpha value is -2.46. The van der Waals surface area contributed by atoms with Crippen molar-refractivity contribution in [2.75, 3.05) is 11.9 Å². The fraction of sp³-hybridized carbons (Fsp3) is 0.182. The van der Waals surface area contributed by atoms with Crippen molar-refractivity contribution in [3.8, 4) is 11.5 Å². The zero-order chi connectivity index (χ0) is 18.2. The number of nitrogens with one attached hydrogen (secondary N) is 1. The van der Waals surface area contributed by atoms with Crippen molar-refractivity contribution in [3.05, 3.63) is 88.4 Å². The highest BCUT2D eigenvalue weighted by Crippen LogP contribution is 2.19. The van der Waals surface area contributed by atoms with Gasteiger partial charge in [0.1, 0.15) is 18.1 Å². The molecule has 0 amide bonds. The van der Waals surface area contributed by atoms with Gasteiger partial charge in [0.15, 0.2) is 0 Å². The average molecular weight is 412 g/mol. The Balaban J connectivity index is 1.54. The summed E-state index contributed by atoms with van der Waals surface area (Å²) in [7, 11) is 0. The molecule has 3 rings (SSSR count). The lowest BCUT2D eigenvalue weighted by atomic mass is 10.2. The maximum atomic E-state index is 5.91. The van der Waals surface area contributed by atoms with Gasteiger partial charge in [0.25, 0.3) is 0 Å². The minimum Gasteiger partial charge on any atom is -0.494 e. The fourth-order valence-electron chi connectivity index (χ4n) is 2.53. The predicted molar refractivity (Wildman–Crippen MR) is 110 cm³/mol. The van der Waals surface area contributed by atoms with Crippen molar-refractivity contribution >= 4 is 21.6 Å². The zero-order valence-electron chi connectivity index (χ0n) is 14.7. The SMILES string of the molecule is CCOc1ccc(NCc2cccc(OCc3ccc(Br)cc3)c2)cc1. The molecule has 3 aromatic carbocycles. The van der Waals surface area contributed by atoms with E-state index in [2.05, 4.69) is 45.5 Å². The van der Waals surface area contributed by atoms with Gasteiger partial charge in [0.05, 0.1) is 6.61 Å². The second kappa shape index (κ2) is 9.30. The van der Waals surface area contributed by atoms with Gasteiger partial charge in [-0.25, -0.2) is 0 Å². The quantitative estimate of drug-likeness (QED) is 0.489. The molecule has 0 unspecified atom stereocenters. The Morgan fingerprint density at radius 1 is 0.808 bits per heavy atom. The van der Waals surface area contributed by atoms with E-state index in [9.17, 15) is 0 Å². The van der Waals surface area contributed by atoms with E-state index < -0.39 is 0 Å². The molecule has 3 aromatic rings. The molecule has 0 aliphatic heterocycles. The van der Waals surface area contributed by atoms with Gasteiger partial charge in [0.2, 0.25) is 0 Å². The maximum absolute atomic E-state index is 5.91. The number of hydrogen-bond donors (Lipinski definition) is 1. The molecule has 4 heteroatoms. The summed E-state index contributed by atoms with van der Waals surface area (Å²) in [5, 5.41) is 3.42. The van der Waals surface area contributed by atoms with Gasteiger partial charge >= 0.3 is 0 Å². The number of hydrogen-bond acceptors (Lipinski definition) is 3. The normalized spacial score (nSPS) is 10.4. The van der Waals surface area contributed by atoms with Crippen molar-refractivity contribution < 1.29 is 9.47 Å². The second-order valence-electron chi connectivity index (χ2n) is 5.87. The van der Waals surface area contributed by atoms with Crippen LogP contribution in [0.4, 0.5) is 5.69 Å². The zero-order valence-corrected chi connectivity index (χ0v) is 16.3. The molecule has 0 atom stereocenters. The lowest BCUT2D eigenvalue weighted by molar-refractivity contribution is 0.306. The molecule has 0 aliphatic rings. The third-order valence-corrected chi connectivity index (χ3v) is 4.41. The summed E-state index contributed by atoms with van der Waals surface area (Å²) in [5.74, 6) is 1.76. The Morgan fingerprint density at radius 2 is 1.58 bits per heavy atom. The Kier molecular flexibility index (Phi) is 6.56. The summed E-state index contributed by atoms with van der Waals surface area (Å²) >= 11 is 3.44. The molecule has 0 saturated heterocycles. The van der Waals surface area contributed by atoms with Crippen LogP contribution in [-0.4, -0.2) is 6.61 Å². The van der Waals surface area contributed by atoms with Crippen LogP contribution in [0, 0.1) is 0 Å². The molecule has 0 bridgehead atoms. The smallest absolute Gasteiger partial charge is 0.120 e. The highest BCUT2D eigenvalue weighted by Gasteiger charge is 2.00. The lowest BCUT2D eigenvalue weighted by Gasteiger charge is -2.10. The van der Waals surface area contributed by atoms with E-state index in [1.165, 1.54) is 5.56 Å². The average Bonchev–Trinajstić information content (AvgIpc) is 2.68. The maximum Gasteiger partial charge on any atom is 0.120 e. The van der Waals surface area contributed by atoms with Gasteiger partial charge in [-0.2, -0.15) is 0 Å². The van der Waals surface area contributed by atoms with Crippen LogP contribution in [-0.2, 0) is 13.2 Å². The molecule has 0 aromatic heterocycles. The summed E-state index contributed by atoms with van der Waals surface area (Å²) in [6.07, 6.45) is 0. The van der Waals surface area contributed by atoms with Crippen molar-refractivity contribution in [2.45, 2.75) is 20.1 Å². The van der Waals surface area contributed by atoms with Crippen molar-refractivity contribution in [1.29, 1.82) is 0 Å². The van der Waals surface area contributed by atoms with Crippen LogP contribution >= 0.6 is 15.9 Å². The predicted octanol–water partition coefficient (Wildman–Crippen LogP) is 6.04. The topological polar surface area (TPSA) is 30.5 Å². The number of benzene rings is 3. The van der Waals surface area contributed by atoms with Crippen LogP contribution in [0.1, 0.15) is 18.1 Å². The highest BCUT2D eigenvalue weighted by molar-refractivity contribution is 9.10. The van der Waals surface area contributed by atoms with Crippen molar-refractivity contribution in [2.24, 2.45) is 0 Å². The van der Waals surface area contributed by atoms with E-state index in [4.69, 9.17) is 9.47 Å². The van der Waals surface area contributed by atoms with Gasteiger partial charge in [-0.15, -0.1) is 0 Å². The van der Waals surface area contributed by atoms with E-state index >= 15 is 0 Å². The molecule has 3 nitrogen and oxygen atoms in total. The molecular formula is C22H22BrNO2. The van der Waals surface area contributed by atoms with Crippen molar-refractivity contribution in [1.82, 2.24) is 0 Å². The molecule has 134 valence electrons. The van der Waals surface area contributed by atoms with Gasteiger partial charge in [-0.05, 0) is 66.6 Å². The van der Waals surface area contributed by atoms with E-state index in [1.807, 2.05) is 55.5 Å². The summed E-state index contributed by atoms with van der Waals surface area (Å²) in [5.41, 5.74) is 3.38. The fourth-order valence-corrected chi connectivity index (χ4v) is 2.80. The first kappa shape index (κ1) is 18.3. The van der Waals surface area contributed by atoms with Gasteiger partial charge in [0, 0.05) is 16.7 Å². The van der Waals surface area contributed by atoms with Crippen molar-refractivity contribution in [3.63, 3.8) is 0 Å². The first-order valence-corrected chi connectivity index (χ1v) is 9.45. The third kappa shape index (κ3) is 5.53. The molecule has 0 radical (unpaired) electrons. The van der Waals surface area contributed by atoms with Crippen LogP contribution in [0.15, 0.2) is 77.3 Å².